The second-order valence-corrected chi connectivity index (χ2v) is 11.3. The Bertz CT molecular complexity index is 1310. The SMILES string of the molecule is Cc1ccc(S(=O)(=O)N2CC(C3CCC(=O)N3)Oc3ccc(NC(=O)OC(C)(C)C(F)(F)F)cc32)cc1. The second-order valence-electron chi connectivity index (χ2n) is 9.42. The third-order valence-electron chi connectivity index (χ3n) is 6.22. The molecule has 0 spiro atoms. The van der Waals surface area contributed by atoms with Gasteiger partial charge in [-0.1, -0.05) is 17.7 Å². The molecule has 9 nitrogen and oxygen atoms in total. The van der Waals surface area contributed by atoms with Crippen molar-refractivity contribution in [3.8, 4) is 5.75 Å². The molecule has 1 fully saturated rings. The summed E-state index contributed by atoms with van der Waals surface area (Å²) >= 11 is 0. The third kappa shape index (κ3) is 5.45. The van der Waals surface area contributed by atoms with E-state index >= 15 is 0 Å². The van der Waals surface area contributed by atoms with Crippen molar-refractivity contribution in [2.75, 3.05) is 16.2 Å². The Labute approximate surface area is 212 Å². The predicted molar refractivity (Wildman–Crippen MR) is 128 cm³/mol. The van der Waals surface area contributed by atoms with Crippen molar-refractivity contribution in [2.45, 2.75) is 62.4 Å². The summed E-state index contributed by atoms with van der Waals surface area (Å²) in [5.74, 6) is 0.00908. The fourth-order valence-electron chi connectivity index (χ4n) is 3.98. The van der Waals surface area contributed by atoms with E-state index in [1.807, 2.05) is 6.92 Å². The Morgan fingerprint density at radius 2 is 1.84 bits per heavy atom. The molecule has 37 heavy (non-hydrogen) atoms. The molecule has 2 aromatic carbocycles. The highest BCUT2D eigenvalue weighted by atomic mass is 32.2. The number of sulfonamides is 1. The first-order valence-corrected chi connectivity index (χ1v) is 12.9. The van der Waals surface area contributed by atoms with E-state index in [1.54, 1.807) is 12.1 Å². The summed E-state index contributed by atoms with van der Waals surface area (Å²) in [4.78, 5) is 24.0. The number of hydrogen-bond donors (Lipinski definition) is 2. The Balaban J connectivity index is 1.67. The number of hydrogen-bond acceptors (Lipinski definition) is 6. The number of nitrogens with zero attached hydrogens (tertiary/aromatic N) is 1. The number of anilines is 2. The van der Waals surface area contributed by atoms with Crippen LogP contribution in [-0.4, -0.2) is 50.9 Å². The van der Waals surface area contributed by atoms with Gasteiger partial charge in [0.05, 0.1) is 23.2 Å². The monoisotopic (exact) mass is 541 g/mol. The molecule has 0 radical (unpaired) electrons. The molecule has 2 atom stereocenters. The van der Waals surface area contributed by atoms with Crippen molar-refractivity contribution in [3.05, 3.63) is 48.0 Å². The van der Waals surface area contributed by atoms with E-state index < -0.39 is 40.0 Å². The molecule has 2 heterocycles. The molecule has 2 N–H and O–H groups in total. The van der Waals surface area contributed by atoms with E-state index in [-0.39, 0.29) is 34.5 Å². The number of fused-ring (bicyclic) bond motifs is 1. The lowest BCUT2D eigenvalue weighted by molar-refractivity contribution is -0.242. The molecule has 2 aromatic rings. The van der Waals surface area contributed by atoms with Crippen LogP contribution in [-0.2, 0) is 19.6 Å². The van der Waals surface area contributed by atoms with Gasteiger partial charge in [0, 0.05) is 12.1 Å². The van der Waals surface area contributed by atoms with Crippen LogP contribution in [0.5, 0.6) is 5.75 Å². The molecular weight excluding hydrogens is 515 g/mol. The number of alkyl halides is 3. The van der Waals surface area contributed by atoms with E-state index in [1.165, 1.54) is 30.3 Å². The molecule has 2 aliphatic heterocycles. The quantitative estimate of drug-likeness (QED) is 0.589. The van der Waals surface area contributed by atoms with Gasteiger partial charge in [-0.2, -0.15) is 13.2 Å². The Morgan fingerprint density at radius 3 is 2.43 bits per heavy atom. The van der Waals surface area contributed by atoms with Crippen molar-refractivity contribution in [1.82, 2.24) is 5.32 Å². The first-order chi connectivity index (χ1) is 17.2. The van der Waals surface area contributed by atoms with Gasteiger partial charge < -0.3 is 14.8 Å². The van der Waals surface area contributed by atoms with Gasteiger partial charge >= 0.3 is 12.3 Å². The summed E-state index contributed by atoms with van der Waals surface area (Å²) in [6.07, 6.45) is -6.08. The fraction of sp³-hybridized carbons (Fsp3) is 0.417. The van der Waals surface area contributed by atoms with Gasteiger partial charge in [0.2, 0.25) is 11.5 Å². The molecule has 0 aliphatic carbocycles. The van der Waals surface area contributed by atoms with E-state index in [0.29, 0.717) is 26.7 Å². The highest BCUT2D eigenvalue weighted by molar-refractivity contribution is 7.92. The largest absolute Gasteiger partial charge is 0.484 e. The van der Waals surface area contributed by atoms with Gasteiger partial charge in [-0.05, 0) is 57.5 Å². The Morgan fingerprint density at radius 1 is 1.16 bits per heavy atom. The first-order valence-electron chi connectivity index (χ1n) is 11.4. The highest BCUT2D eigenvalue weighted by Gasteiger charge is 2.51. The molecule has 2 amide bonds. The molecule has 0 bridgehead atoms. The van der Waals surface area contributed by atoms with E-state index in [2.05, 4.69) is 15.4 Å². The maximum absolute atomic E-state index is 13.7. The average Bonchev–Trinajstić information content (AvgIpc) is 3.23. The number of rotatable bonds is 5. The third-order valence-corrected chi connectivity index (χ3v) is 8.01. The molecule has 200 valence electrons. The van der Waals surface area contributed by atoms with E-state index in [9.17, 15) is 31.2 Å². The molecular formula is C24H26F3N3O6S. The second kappa shape index (κ2) is 9.43. The van der Waals surface area contributed by atoms with Crippen LogP contribution in [0.25, 0.3) is 0 Å². The number of ether oxygens (including phenoxy) is 2. The average molecular weight is 542 g/mol. The molecule has 2 unspecified atom stereocenters. The lowest BCUT2D eigenvalue weighted by atomic mass is 10.1. The number of halogens is 3. The summed E-state index contributed by atoms with van der Waals surface area (Å²) in [6.45, 7) is 3.11. The lowest BCUT2D eigenvalue weighted by Gasteiger charge is -2.38. The maximum atomic E-state index is 13.7. The lowest BCUT2D eigenvalue weighted by Crippen LogP contribution is -2.51. The Hall–Kier alpha value is -3.48. The van der Waals surface area contributed by atoms with Crippen LogP contribution in [0.2, 0.25) is 0 Å². The summed E-state index contributed by atoms with van der Waals surface area (Å²) in [5, 5.41) is 5.01. The van der Waals surface area contributed by atoms with Crippen LogP contribution in [0.3, 0.4) is 0 Å². The molecule has 0 aromatic heterocycles. The van der Waals surface area contributed by atoms with Gasteiger partial charge in [0.15, 0.2) is 0 Å². The van der Waals surface area contributed by atoms with Gasteiger partial charge in [-0.25, -0.2) is 13.2 Å². The topological polar surface area (TPSA) is 114 Å². The number of aryl methyl sites for hydroxylation is 1. The first kappa shape index (κ1) is 26.6. The minimum Gasteiger partial charge on any atom is -0.484 e. The molecule has 2 aliphatic rings. The maximum Gasteiger partial charge on any atom is 0.427 e. The van der Waals surface area contributed by atoms with Crippen LogP contribution in [0.15, 0.2) is 47.4 Å². The molecule has 1 saturated heterocycles. The Kier molecular flexibility index (Phi) is 6.78. The number of nitrogens with one attached hydrogen (secondary N) is 2. The standard InChI is InChI=1S/C24H26F3N3O6S/c1-14-4-7-16(8-5-14)37(33,34)30-13-20(17-9-11-21(31)29-17)35-19-10-6-15(12-18(19)30)28-22(32)36-23(2,3)24(25,26)27/h4-8,10,12,17,20H,9,11,13H2,1-3H3,(H,28,32)(H,29,31). The molecule has 13 heteroatoms. The van der Waals surface area contributed by atoms with E-state index in [4.69, 9.17) is 4.74 Å². The summed E-state index contributed by atoms with van der Waals surface area (Å²) in [7, 11) is -4.11. The van der Waals surface area contributed by atoms with Crippen molar-refractivity contribution in [2.24, 2.45) is 0 Å². The summed E-state index contributed by atoms with van der Waals surface area (Å²) in [5.41, 5.74) is -1.80. The van der Waals surface area contributed by atoms with Crippen molar-refractivity contribution < 1.29 is 40.7 Å². The molecule has 0 saturated carbocycles. The zero-order valence-electron chi connectivity index (χ0n) is 20.3. The van der Waals surface area contributed by atoms with Crippen molar-refractivity contribution in [3.63, 3.8) is 0 Å². The van der Waals surface area contributed by atoms with Crippen molar-refractivity contribution in [1.29, 1.82) is 0 Å². The fourth-order valence-corrected chi connectivity index (χ4v) is 5.46. The van der Waals surface area contributed by atoms with Crippen LogP contribution in [0.4, 0.5) is 29.3 Å². The summed E-state index contributed by atoms with van der Waals surface area (Å²) < 4.78 is 78.3. The smallest absolute Gasteiger partial charge is 0.427 e. The van der Waals surface area contributed by atoms with Gasteiger partial charge in [0.25, 0.3) is 10.0 Å². The number of carbonyl (C=O) groups is 2. The predicted octanol–water partition coefficient (Wildman–Crippen LogP) is 4.12. The van der Waals surface area contributed by atoms with Gasteiger partial charge in [-0.15, -0.1) is 0 Å². The van der Waals surface area contributed by atoms with Crippen LogP contribution in [0.1, 0.15) is 32.3 Å². The highest BCUT2D eigenvalue weighted by Crippen LogP contribution is 2.40. The van der Waals surface area contributed by atoms with Gasteiger partial charge in [0.1, 0.15) is 11.9 Å². The zero-order chi connectivity index (χ0) is 27.2. The zero-order valence-corrected chi connectivity index (χ0v) is 21.1. The number of carbonyl (C=O) groups excluding carboxylic acids is 2. The normalized spacial score (nSPS) is 20.1. The minimum absolute atomic E-state index is 0.00190. The summed E-state index contributed by atoms with van der Waals surface area (Å²) in [6, 6.07) is 9.86. The number of amides is 2. The van der Waals surface area contributed by atoms with Crippen LogP contribution in [0, 0.1) is 6.92 Å². The van der Waals surface area contributed by atoms with Crippen molar-refractivity contribution >= 4 is 33.4 Å². The van der Waals surface area contributed by atoms with E-state index in [0.717, 1.165) is 9.87 Å². The molecule has 4 rings (SSSR count). The van der Waals surface area contributed by atoms with Crippen LogP contribution < -0.4 is 19.7 Å². The van der Waals surface area contributed by atoms with Crippen LogP contribution >= 0.6 is 0 Å². The number of benzene rings is 2. The minimum atomic E-state index is -4.79. The van der Waals surface area contributed by atoms with Gasteiger partial charge in [-0.3, -0.25) is 14.4 Å².